The lowest BCUT2D eigenvalue weighted by atomic mass is 9.92. The minimum Gasteiger partial charge on any atom is -0.493 e. The molecule has 2 N–H and O–H groups in total. The first-order chi connectivity index (χ1) is 16.5. The standard InChI is InChI=1S/C22H19N7O5/c1-32-14-9-8-13(10-15(14)33-2)17-16-18(20(30)25-24-17)23-22-26-27-28-29(22)19(16)11-4-6-12(7-5-11)21(31)34-3/h4-10,19H,1-3H3,(H,25,30)(H,23,26,28). The normalized spacial score (nSPS) is 13.9. The van der Waals surface area contributed by atoms with Crippen molar-refractivity contribution in [3.05, 3.63) is 69.5 Å². The zero-order valence-electron chi connectivity index (χ0n) is 18.4. The number of methoxy groups -OCH3 is 3. The maximum Gasteiger partial charge on any atom is 0.337 e. The van der Waals surface area contributed by atoms with Crippen molar-refractivity contribution < 1.29 is 19.0 Å². The SMILES string of the molecule is COC(=O)c1ccc(C2c3c(-c4ccc(OC)c(OC)c4)n[nH]c(=O)c3Nc3nnnn32)cc1. The summed E-state index contributed by atoms with van der Waals surface area (Å²) in [5.74, 6) is 0.905. The number of anilines is 2. The van der Waals surface area contributed by atoms with E-state index in [4.69, 9.17) is 14.2 Å². The van der Waals surface area contributed by atoms with Gasteiger partial charge in [-0.2, -0.15) is 9.78 Å². The minimum atomic E-state index is -0.606. The van der Waals surface area contributed by atoms with Gasteiger partial charge >= 0.3 is 5.97 Å². The maximum absolute atomic E-state index is 12.8. The fraction of sp³-hybridized carbons (Fsp3) is 0.182. The lowest BCUT2D eigenvalue weighted by molar-refractivity contribution is 0.0600. The van der Waals surface area contributed by atoms with Gasteiger partial charge in [0, 0.05) is 11.1 Å². The second-order valence-electron chi connectivity index (χ2n) is 7.35. The summed E-state index contributed by atoms with van der Waals surface area (Å²) < 4.78 is 17.1. The molecule has 0 radical (unpaired) electrons. The average Bonchev–Trinajstić information content (AvgIpc) is 3.35. The third-order valence-electron chi connectivity index (χ3n) is 5.57. The van der Waals surface area contributed by atoms with Crippen LogP contribution in [0, 0.1) is 0 Å². The number of aromatic amines is 1. The predicted octanol–water partition coefficient (Wildman–Crippen LogP) is 1.92. The van der Waals surface area contributed by atoms with E-state index in [9.17, 15) is 9.59 Å². The number of rotatable bonds is 5. The van der Waals surface area contributed by atoms with E-state index in [1.807, 2.05) is 6.07 Å². The van der Waals surface area contributed by atoms with Gasteiger partial charge in [0.2, 0.25) is 5.95 Å². The molecule has 3 heterocycles. The summed E-state index contributed by atoms with van der Waals surface area (Å²) in [6.45, 7) is 0. The first kappa shape index (κ1) is 21.1. The molecule has 0 fully saturated rings. The number of benzene rings is 2. The van der Waals surface area contributed by atoms with Crippen LogP contribution in [0.1, 0.15) is 27.5 Å². The highest BCUT2D eigenvalue weighted by Crippen LogP contribution is 2.42. The number of tetrazole rings is 1. The molecular weight excluding hydrogens is 442 g/mol. The molecular formula is C22H19N7O5. The molecule has 0 saturated heterocycles. The van der Waals surface area contributed by atoms with Gasteiger partial charge in [0.05, 0.1) is 32.6 Å². The fourth-order valence-electron chi connectivity index (χ4n) is 3.97. The van der Waals surface area contributed by atoms with Gasteiger partial charge in [-0.05, 0) is 46.3 Å². The Morgan fingerprint density at radius 1 is 1.03 bits per heavy atom. The molecule has 2 aromatic carbocycles. The van der Waals surface area contributed by atoms with Crippen LogP contribution in [0.15, 0.2) is 47.3 Å². The third-order valence-corrected chi connectivity index (χ3v) is 5.57. The zero-order valence-corrected chi connectivity index (χ0v) is 18.4. The van der Waals surface area contributed by atoms with Crippen molar-refractivity contribution in [3.63, 3.8) is 0 Å². The van der Waals surface area contributed by atoms with Gasteiger partial charge in [-0.1, -0.05) is 17.2 Å². The van der Waals surface area contributed by atoms with E-state index < -0.39 is 17.6 Å². The van der Waals surface area contributed by atoms with E-state index >= 15 is 0 Å². The molecule has 4 aromatic rings. The number of fused-ring (bicyclic) bond motifs is 2. The van der Waals surface area contributed by atoms with Gasteiger partial charge in [-0.25, -0.2) is 9.89 Å². The molecule has 0 saturated carbocycles. The zero-order chi connectivity index (χ0) is 23.8. The summed E-state index contributed by atoms with van der Waals surface area (Å²) in [4.78, 5) is 24.7. The van der Waals surface area contributed by atoms with E-state index in [0.29, 0.717) is 39.8 Å². The number of ether oxygens (including phenoxy) is 3. The van der Waals surface area contributed by atoms with Crippen molar-refractivity contribution in [2.45, 2.75) is 6.04 Å². The second-order valence-corrected chi connectivity index (χ2v) is 7.35. The van der Waals surface area contributed by atoms with Crippen LogP contribution >= 0.6 is 0 Å². The van der Waals surface area contributed by atoms with E-state index in [1.165, 1.54) is 14.2 Å². The van der Waals surface area contributed by atoms with Crippen molar-refractivity contribution in [1.29, 1.82) is 0 Å². The Bertz CT molecular complexity index is 1450. The highest BCUT2D eigenvalue weighted by atomic mass is 16.5. The van der Waals surface area contributed by atoms with Crippen LogP contribution < -0.4 is 20.3 Å². The van der Waals surface area contributed by atoms with Crippen molar-refractivity contribution in [3.8, 4) is 22.8 Å². The van der Waals surface area contributed by atoms with Crippen molar-refractivity contribution in [2.24, 2.45) is 0 Å². The molecule has 1 atom stereocenters. The Balaban J connectivity index is 1.73. The summed E-state index contributed by atoms with van der Waals surface area (Å²) in [6, 6.07) is 11.5. The summed E-state index contributed by atoms with van der Waals surface area (Å²) >= 11 is 0. The molecule has 12 heteroatoms. The molecule has 0 spiro atoms. The monoisotopic (exact) mass is 461 g/mol. The van der Waals surface area contributed by atoms with Gasteiger partial charge < -0.3 is 19.5 Å². The minimum absolute atomic E-state index is 0.268. The summed E-state index contributed by atoms with van der Waals surface area (Å²) in [7, 11) is 4.41. The summed E-state index contributed by atoms with van der Waals surface area (Å²) in [6.07, 6.45) is 0. The van der Waals surface area contributed by atoms with Gasteiger partial charge in [0.15, 0.2) is 11.5 Å². The number of hydrogen-bond acceptors (Lipinski definition) is 10. The van der Waals surface area contributed by atoms with Crippen LogP contribution in [-0.2, 0) is 4.74 Å². The lowest BCUT2D eigenvalue weighted by Crippen LogP contribution is -2.29. The third kappa shape index (κ3) is 3.32. The Morgan fingerprint density at radius 3 is 2.50 bits per heavy atom. The topological polar surface area (TPSA) is 146 Å². The number of aromatic nitrogens is 6. The quantitative estimate of drug-likeness (QED) is 0.372. The molecule has 0 bridgehead atoms. The smallest absolute Gasteiger partial charge is 0.337 e. The molecule has 1 aliphatic rings. The van der Waals surface area contributed by atoms with Crippen molar-refractivity contribution in [2.75, 3.05) is 26.6 Å². The Labute approximate surface area is 192 Å². The second kappa shape index (κ2) is 8.31. The number of carbonyl (C=O) groups excluding carboxylic acids is 1. The van der Waals surface area contributed by atoms with Crippen LogP contribution in [0.5, 0.6) is 11.5 Å². The Kier molecular flexibility index (Phi) is 5.17. The number of esters is 1. The molecule has 2 aromatic heterocycles. The Morgan fingerprint density at radius 2 is 1.79 bits per heavy atom. The molecule has 5 rings (SSSR count). The predicted molar refractivity (Wildman–Crippen MR) is 120 cm³/mol. The van der Waals surface area contributed by atoms with Gasteiger partial charge in [0.1, 0.15) is 11.7 Å². The van der Waals surface area contributed by atoms with Gasteiger partial charge in [-0.15, -0.1) is 0 Å². The average molecular weight is 461 g/mol. The van der Waals surface area contributed by atoms with Gasteiger partial charge in [0.25, 0.3) is 5.56 Å². The highest BCUT2D eigenvalue weighted by Gasteiger charge is 2.34. The largest absolute Gasteiger partial charge is 0.493 e. The molecule has 0 aliphatic carbocycles. The molecule has 172 valence electrons. The Hall–Kier alpha value is -4.74. The number of nitrogens with zero attached hydrogens (tertiary/aromatic N) is 5. The van der Waals surface area contributed by atoms with Crippen LogP contribution in [0.25, 0.3) is 11.3 Å². The van der Waals surface area contributed by atoms with E-state index in [2.05, 4.69) is 31.0 Å². The lowest BCUT2D eigenvalue weighted by Gasteiger charge is -2.28. The van der Waals surface area contributed by atoms with Gasteiger partial charge in [-0.3, -0.25) is 4.79 Å². The maximum atomic E-state index is 12.8. The summed E-state index contributed by atoms with van der Waals surface area (Å²) in [5.41, 5.74) is 2.70. The van der Waals surface area contributed by atoms with Crippen LogP contribution in [0.2, 0.25) is 0 Å². The first-order valence-electron chi connectivity index (χ1n) is 10.1. The number of carbonyl (C=O) groups is 1. The van der Waals surface area contributed by atoms with Crippen molar-refractivity contribution >= 4 is 17.6 Å². The fourth-order valence-corrected chi connectivity index (χ4v) is 3.97. The molecule has 34 heavy (non-hydrogen) atoms. The van der Waals surface area contributed by atoms with E-state index in [-0.39, 0.29) is 5.69 Å². The van der Waals surface area contributed by atoms with E-state index in [0.717, 1.165) is 5.56 Å². The van der Waals surface area contributed by atoms with Crippen LogP contribution in [0.4, 0.5) is 11.6 Å². The van der Waals surface area contributed by atoms with Crippen LogP contribution in [0.3, 0.4) is 0 Å². The van der Waals surface area contributed by atoms with Crippen molar-refractivity contribution in [1.82, 2.24) is 30.4 Å². The molecule has 1 aliphatic heterocycles. The molecule has 12 nitrogen and oxygen atoms in total. The first-order valence-corrected chi connectivity index (χ1v) is 10.1. The van der Waals surface area contributed by atoms with E-state index in [1.54, 1.807) is 48.2 Å². The number of hydrogen-bond donors (Lipinski definition) is 2. The van der Waals surface area contributed by atoms with Crippen LogP contribution in [-0.4, -0.2) is 57.7 Å². The highest BCUT2D eigenvalue weighted by molar-refractivity contribution is 5.89. The number of nitrogens with one attached hydrogen (secondary N) is 2. The molecule has 0 amide bonds. The number of H-pyrrole nitrogens is 1. The molecule has 1 unspecified atom stereocenters. The summed E-state index contributed by atoms with van der Waals surface area (Å²) in [5, 5.41) is 21.8.